The van der Waals surface area contributed by atoms with E-state index in [1.807, 2.05) is 10.6 Å². The van der Waals surface area contributed by atoms with Gasteiger partial charge in [-0.2, -0.15) is 0 Å². The highest BCUT2D eigenvalue weighted by molar-refractivity contribution is 6.12. The molecule has 0 aliphatic carbocycles. The number of nitro benzene ring substituents is 1. The molecule has 8 nitrogen and oxygen atoms in total. The zero-order valence-electron chi connectivity index (χ0n) is 16.9. The SMILES string of the molecule is CCOC(=O)c1c(-c2ccc([N+](=O)[O-])cc2)n(C)c2cc(-c3cccnc3)c(O)cc12. The van der Waals surface area contributed by atoms with E-state index >= 15 is 0 Å². The smallest absolute Gasteiger partial charge is 0.340 e. The van der Waals surface area contributed by atoms with Crippen molar-refractivity contribution in [3.63, 3.8) is 0 Å². The van der Waals surface area contributed by atoms with Crippen LogP contribution in [-0.2, 0) is 11.8 Å². The maximum absolute atomic E-state index is 12.9. The van der Waals surface area contributed by atoms with Crippen molar-refractivity contribution in [2.45, 2.75) is 6.92 Å². The Balaban J connectivity index is 2.00. The summed E-state index contributed by atoms with van der Waals surface area (Å²) in [6, 6.07) is 12.9. The van der Waals surface area contributed by atoms with Crippen LogP contribution in [0.15, 0.2) is 60.9 Å². The van der Waals surface area contributed by atoms with E-state index in [-0.39, 0.29) is 18.0 Å². The molecule has 0 bridgehead atoms. The molecule has 0 spiro atoms. The molecule has 31 heavy (non-hydrogen) atoms. The normalized spacial score (nSPS) is 10.9. The van der Waals surface area contributed by atoms with E-state index in [1.54, 1.807) is 56.7 Å². The number of aromatic nitrogens is 2. The summed E-state index contributed by atoms with van der Waals surface area (Å²) in [6.45, 7) is 1.90. The van der Waals surface area contributed by atoms with E-state index in [4.69, 9.17) is 4.74 Å². The molecule has 8 heteroatoms. The Hall–Kier alpha value is -4.20. The lowest BCUT2D eigenvalue weighted by molar-refractivity contribution is -0.384. The zero-order valence-corrected chi connectivity index (χ0v) is 16.9. The van der Waals surface area contributed by atoms with E-state index in [1.165, 1.54) is 12.1 Å². The summed E-state index contributed by atoms with van der Waals surface area (Å²) < 4.78 is 7.10. The van der Waals surface area contributed by atoms with Crippen molar-refractivity contribution < 1.29 is 19.6 Å². The van der Waals surface area contributed by atoms with Crippen molar-refractivity contribution in [3.05, 3.63) is 76.6 Å². The third-order valence-corrected chi connectivity index (χ3v) is 5.12. The van der Waals surface area contributed by atoms with Crippen LogP contribution < -0.4 is 0 Å². The van der Waals surface area contributed by atoms with Gasteiger partial charge in [0.2, 0.25) is 0 Å². The molecule has 0 radical (unpaired) electrons. The fourth-order valence-corrected chi connectivity index (χ4v) is 3.71. The number of phenolic OH excluding ortho intramolecular Hbond substituents is 1. The maximum Gasteiger partial charge on any atom is 0.340 e. The third-order valence-electron chi connectivity index (χ3n) is 5.12. The van der Waals surface area contributed by atoms with Crippen LogP contribution in [0.4, 0.5) is 5.69 Å². The second-order valence-corrected chi connectivity index (χ2v) is 6.94. The van der Waals surface area contributed by atoms with Crippen LogP contribution in [-0.4, -0.2) is 32.2 Å². The highest BCUT2D eigenvalue weighted by Gasteiger charge is 2.25. The van der Waals surface area contributed by atoms with Crippen LogP contribution in [0.2, 0.25) is 0 Å². The number of pyridine rings is 1. The number of esters is 1. The predicted molar refractivity (Wildman–Crippen MR) is 116 cm³/mol. The number of hydrogen-bond donors (Lipinski definition) is 1. The van der Waals surface area contributed by atoms with Crippen molar-refractivity contribution in [2.24, 2.45) is 7.05 Å². The number of non-ortho nitro benzene ring substituents is 1. The Morgan fingerprint density at radius 1 is 1.19 bits per heavy atom. The van der Waals surface area contributed by atoms with Crippen molar-refractivity contribution in [1.29, 1.82) is 0 Å². The van der Waals surface area contributed by atoms with Crippen molar-refractivity contribution in [1.82, 2.24) is 9.55 Å². The number of carbonyl (C=O) groups is 1. The molecular weight excluding hydrogens is 398 g/mol. The number of phenols is 1. The minimum absolute atomic E-state index is 0.00639. The largest absolute Gasteiger partial charge is 0.507 e. The summed E-state index contributed by atoms with van der Waals surface area (Å²) in [5.74, 6) is -0.526. The first-order chi connectivity index (χ1) is 14.9. The number of benzene rings is 2. The number of hydrogen-bond acceptors (Lipinski definition) is 6. The molecule has 0 aliphatic rings. The van der Waals surface area contributed by atoms with Gasteiger partial charge in [0.1, 0.15) is 5.75 Å². The maximum atomic E-state index is 12.9. The molecule has 2 aromatic heterocycles. The van der Waals surface area contributed by atoms with Crippen molar-refractivity contribution >= 4 is 22.6 Å². The fraction of sp³-hybridized carbons (Fsp3) is 0.130. The van der Waals surface area contributed by atoms with E-state index in [0.29, 0.717) is 33.3 Å². The molecule has 0 unspecified atom stereocenters. The van der Waals surface area contributed by atoms with Crippen LogP contribution in [0.5, 0.6) is 5.75 Å². The molecule has 0 aliphatic heterocycles. The number of ether oxygens (including phenoxy) is 1. The Kier molecular flexibility index (Phi) is 5.12. The molecule has 4 aromatic rings. The van der Waals surface area contributed by atoms with E-state index in [0.717, 1.165) is 5.56 Å². The number of nitro groups is 1. The van der Waals surface area contributed by atoms with E-state index in [9.17, 15) is 20.0 Å². The molecule has 0 atom stereocenters. The Bertz CT molecular complexity index is 1290. The Labute approximate surface area is 177 Å². The van der Waals surface area contributed by atoms with Gasteiger partial charge in [0.05, 0.1) is 28.3 Å². The summed E-state index contributed by atoms with van der Waals surface area (Å²) in [5.41, 5.74) is 3.43. The number of fused-ring (bicyclic) bond motifs is 1. The highest BCUT2D eigenvalue weighted by Crippen LogP contribution is 2.40. The first-order valence-electron chi connectivity index (χ1n) is 9.60. The number of nitrogens with zero attached hydrogens (tertiary/aromatic N) is 3. The summed E-state index contributed by atoms with van der Waals surface area (Å²) in [5, 5.41) is 22.2. The number of aryl methyl sites for hydroxylation is 1. The van der Waals surface area contributed by atoms with Gasteiger partial charge in [-0.3, -0.25) is 15.1 Å². The minimum Gasteiger partial charge on any atom is -0.507 e. The molecule has 0 saturated carbocycles. The molecule has 0 saturated heterocycles. The molecule has 4 rings (SSSR count). The molecule has 1 N–H and O–H groups in total. The van der Waals surface area contributed by atoms with Crippen LogP contribution in [0.1, 0.15) is 17.3 Å². The average molecular weight is 417 g/mol. The van der Waals surface area contributed by atoms with Crippen LogP contribution in [0.3, 0.4) is 0 Å². The lowest BCUT2D eigenvalue weighted by Crippen LogP contribution is -2.06. The summed E-state index contributed by atoms with van der Waals surface area (Å²) in [6.07, 6.45) is 3.29. The van der Waals surface area contributed by atoms with Gasteiger partial charge in [-0.1, -0.05) is 6.07 Å². The first kappa shape index (κ1) is 20.1. The second kappa shape index (κ2) is 7.91. The van der Waals surface area contributed by atoms with E-state index in [2.05, 4.69) is 4.98 Å². The minimum atomic E-state index is -0.532. The molecular formula is C23H19N3O5. The predicted octanol–water partition coefficient (Wildman–Crippen LogP) is 4.70. The third kappa shape index (κ3) is 3.48. The lowest BCUT2D eigenvalue weighted by Gasteiger charge is -2.08. The number of carbonyl (C=O) groups excluding carboxylic acids is 1. The van der Waals surface area contributed by atoms with Crippen molar-refractivity contribution in [2.75, 3.05) is 6.61 Å². The van der Waals surface area contributed by atoms with Gasteiger partial charge >= 0.3 is 5.97 Å². The van der Waals surface area contributed by atoms with Gasteiger partial charge < -0.3 is 14.4 Å². The van der Waals surface area contributed by atoms with Crippen LogP contribution in [0.25, 0.3) is 33.3 Å². The Morgan fingerprint density at radius 3 is 2.55 bits per heavy atom. The van der Waals surface area contributed by atoms with Gasteiger partial charge in [-0.05, 0) is 42.8 Å². The van der Waals surface area contributed by atoms with Gasteiger partial charge in [0.15, 0.2) is 0 Å². The summed E-state index contributed by atoms with van der Waals surface area (Å²) in [7, 11) is 1.80. The fourth-order valence-electron chi connectivity index (χ4n) is 3.71. The summed E-state index contributed by atoms with van der Waals surface area (Å²) >= 11 is 0. The molecule has 156 valence electrons. The highest BCUT2D eigenvalue weighted by atomic mass is 16.6. The molecule has 2 aromatic carbocycles. The number of rotatable bonds is 5. The topological polar surface area (TPSA) is 107 Å². The molecule has 0 amide bonds. The van der Waals surface area contributed by atoms with Gasteiger partial charge in [-0.15, -0.1) is 0 Å². The molecule has 0 fully saturated rings. The molecule has 2 heterocycles. The second-order valence-electron chi connectivity index (χ2n) is 6.94. The van der Waals surface area contributed by atoms with Crippen LogP contribution in [0, 0.1) is 10.1 Å². The zero-order chi connectivity index (χ0) is 22.1. The number of aromatic hydroxyl groups is 1. The van der Waals surface area contributed by atoms with Crippen molar-refractivity contribution in [3.8, 4) is 28.1 Å². The van der Waals surface area contributed by atoms with Gasteiger partial charge in [0, 0.05) is 48.1 Å². The van der Waals surface area contributed by atoms with Gasteiger partial charge in [0.25, 0.3) is 5.69 Å². The van der Waals surface area contributed by atoms with Crippen LogP contribution >= 0.6 is 0 Å². The average Bonchev–Trinajstić information content (AvgIpc) is 3.05. The van der Waals surface area contributed by atoms with Gasteiger partial charge in [-0.25, -0.2) is 4.79 Å². The van der Waals surface area contributed by atoms with E-state index < -0.39 is 10.9 Å². The standard InChI is InChI=1S/C23H19N3O5/c1-3-31-23(28)21-18-12-20(27)17(15-5-4-10-24-13-15)11-19(18)25(2)22(21)14-6-8-16(9-7-14)26(29)30/h4-13,27H,3H2,1-2H3. The lowest BCUT2D eigenvalue weighted by atomic mass is 10.0. The monoisotopic (exact) mass is 417 g/mol. The first-order valence-corrected chi connectivity index (χ1v) is 9.60. The quantitative estimate of drug-likeness (QED) is 0.287. The summed E-state index contributed by atoms with van der Waals surface area (Å²) in [4.78, 5) is 27.5. The Morgan fingerprint density at radius 2 is 1.94 bits per heavy atom.